The third-order valence-corrected chi connectivity index (χ3v) is 5.48. The summed E-state index contributed by atoms with van der Waals surface area (Å²) in [7, 11) is 0. The van der Waals surface area contributed by atoms with Gasteiger partial charge in [0.25, 0.3) is 0 Å². The number of halogens is 1. The predicted octanol–water partition coefficient (Wildman–Crippen LogP) is 5.98. The number of fused-ring (bicyclic) bond motifs is 1. The monoisotopic (exact) mass is 363 g/mol. The van der Waals surface area contributed by atoms with Crippen LogP contribution in [0.15, 0.2) is 60.7 Å². The molecule has 0 unspecified atom stereocenters. The summed E-state index contributed by atoms with van der Waals surface area (Å²) in [5.41, 5.74) is 2.18. The third kappa shape index (κ3) is 4.48. The maximum atomic E-state index is 13.1. The molecule has 3 aromatic rings. The van der Waals surface area contributed by atoms with Crippen LogP contribution in [0.4, 0.5) is 4.39 Å². The largest absolute Gasteiger partial charge is 0.489 e. The highest BCUT2D eigenvalue weighted by molar-refractivity contribution is 5.87. The molecule has 1 aliphatic carbocycles. The average Bonchev–Trinajstić information content (AvgIpc) is 2.73. The van der Waals surface area contributed by atoms with Crippen molar-refractivity contribution in [3.05, 3.63) is 77.6 Å². The van der Waals surface area contributed by atoms with Crippen molar-refractivity contribution in [2.45, 2.75) is 51.3 Å². The molecule has 0 spiro atoms. The van der Waals surface area contributed by atoms with Crippen LogP contribution in [-0.2, 0) is 13.2 Å². The molecule has 3 aromatic carbocycles. The van der Waals surface area contributed by atoms with Gasteiger partial charge in [-0.15, -0.1) is 0 Å². The maximum Gasteiger partial charge on any atom is 0.124 e. The first-order valence-corrected chi connectivity index (χ1v) is 9.91. The number of ether oxygens (including phenoxy) is 1. The van der Waals surface area contributed by atoms with Crippen LogP contribution < -0.4 is 10.1 Å². The Bertz CT molecular complexity index is 885. The maximum absolute atomic E-state index is 13.1. The smallest absolute Gasteiger partial charge is 0.124 e. The molecule has 1 aliphatic rings. The van der Waals surface area contributed by atoms with Gasteiger partial charge in [0, 0.05) is 18.2 Å². The van der Waals surface area contributed by atoms with Crippen molar-refractivity contribution in [1.82, 2.24) is 5.32 Å². The Hall–Kier alpha value is -2.39. The minimum absolute atomic E-state index is 0.221. The molecular weight excluding hydrogens is 337 g/mol. The number of rotatable bonds is 6. The standard InChI is InChI=1S/C24H26FNO/c25-20-13-10-18(11-14-20)17-27-24-15-12-19-6-4-5-9-22(19)23(24)16-26-21-7-2-1-3-8-21/h4-6,9-15,21,26H,1-3,7-8,16-17H2. The Labute approximate surface area is 160 Å². The highest BCUT2D eigenvalue weighted by Gasteiger charge is 2.15. The second-order valence-corrected chi connectivity index (χ2v) is 7.39. The molecule has 0 bridgehead atoms. The van der Waals surface area contributed by atoms with E-state index in [2.05, 4.69) is 41.7 Å². The molecule has 4 rings (SSSR count). The number of hydrogen-bond acceptors (Lipinski definition) is 2. The van der Waals surface area contributed by atoms with E-state index in [1.165, 1.54) is 60.6 Å². The van der Waals surface area contributed by atoms with Crippen LogP contribution in [0.1, 0.15) is 43.2 Å². The molecule has 1 N–H and O–H groups in total. The van der Waals surface area contributed by atoms with E-state index in [4.69, 9.17) is 4.74 Å². The molecule has 0 aromatic heterocycles. The van der Waals surface area contributed by atoms with E-state index < -0.39 is 0 Å². The van der Waals surface area contributed by atoms with Crippen LogP contribution in [0.25, 0.3) is 10.8 Å². The molecule has 0 aliphatic heterocycles. The zero-order valence-corrected chi connectivity index (χ0v) is 15.6. The van der Waals surface area contributed by atoms with Gasteiger partial charge in [-0.1, -0.05) is 61.7 Å². The fraction of sp³-hybridized carbons (Fsp3) is 0.333. The Kier molecular flexibility index (Phi) is 5.69. The average molecular weight is 363 g/mol. The lowest BCUT2D eigenvalue weighted by molar-refractivity contribution is 0.300. The Morgan fingerprint density at radius 2 is 1.67 bits per heavy atom. The number of nitrogens with one attached hydrogen (secondary N) is 1. The van der Waals surface area contributed by atoms with Crippen LogP contribution >= 0.6 is 0 Å². The topological polar surface area (TPSA) is 21.3 Å². The van der Waals surface area contributed by atoms with Crippen LogP contribution in [0.3, 0.4) is 0 Å². The highest BCUT2D eigenvalue weighted by Crippen LogP contribution is 2.29. The molecule has 0 heterocycles. The third-order valence-electron chi connectivity index (χ3n) is 5.48. The second-order valence-electron chi connectivity index (χ2n) is 7.39. The van der Waals surface area contributed by atoms with E-state index >= 15 is 0 Å². The van der Waals surface area contributed by atoms with Crippen molar-refractivity contribution >= 4 is 10.8 Å². The highest BCUT2D eigenvalue weighted by atomic mass is 19.1. The fourth-order valence-electron chi connectivity index (χ4n) is 3.93. The molecular formula is C24H26FNO. The van der Waals surface area contributed by atoms with Gasteiger partial charge in [0.05, 0.1) is 0 Å². The minimum Gasteiger partial charge on any atom is -0.489 e. The van der Waals surface area contributed by atoms with Crippen molar-refractivity contribution < 1.29 is 9.13 Å². The first kappa shape index (κ1) is 18.0. The molecule has 27 heavy (non-hydrogen) atoms. The van der Waals surface area contributed by atoms with Gasteiger partial charge in [-0.25, -0.2) is 4.39 Å². The Balaban J connectivity index is 1.55. The fourth-order valence-corrected chi connectivity index (χ4v) is 3.93. The second kappa shape index (κ2) is 8.53. The first-order chi connectivity index (χ1) is 13.3. The zero-order chi connectivity index (χ0) is 18.5. The number of hydrogen-bond donors (Lipinski definition) is 1. The molecule has 1 saturated carbocycles. The van der Waals surface area contributed by atoms with E-state index in [1.54, 1.807) is 12.1 Å². The van der Waals surface area contributed by atoms with E-state index in [1.807, 2.05) is 0 Å². The zero-order valence-electron chi connectivity index (χ0n) is 15.6. The summed E-state index contributed by atoms with van der Waals surface area (Å²) in [6, 6.07) is 19.7. The van der Waals surface area contributed by atoms with Gasteiger partial charge < -0.3 is 10.1 Å². The lowest BCUT2D eigenvalue weighted by Gasteiger charge is -2.24. The molecule has 0 radical (unpaired) electrons. The summed E-state index contributed by atoms with van der Waals surface area (Å²) in [5, 5.41) is 6.21. The Morgan fingerprint density at radius 1 is 0.889 bits per heavy atom. The number of benzene rings is 3. The summed E-state index contributed by atoms with van der Waals surface area (Å²) in [6.45, 7) is 1.25. The molecule has 0 saturated heterocycles. The van der Waals surface area contributed by atoms with Crippen molar-refractivity contribution in [2.24, 2.45) is 0 Å². The van der Waals surface area contributed by atoms with Gasteiger partial charge >= 0.3 is 0 Å². The van der Waals surface area contributed by atoms with Crippen LogP contribution in [0, 0.1) is 5.82 Å². The molecule has 0 atom stereocenters. The first-order valence-electron chi connectivity index (χ1n) is 9.91. The van der Waals surface area contributed by atoms with E-state index in [0.29, 0.717) is 12.6 Å². The quantitative estimate of drug-likeness (QED) is 0.582. The van der Waals surface area contributed by atoms with Crippen molar-refractivity contribution in [3.63, 3.8) is 0 Å². The molecule has 1 fully saturated rings. The molecule has 2 nitrogen and oxygen atoms in total. The van der Waals surface area contributed by atoms with E-state index in [9.17, 15) is 4.39 Å². The van der Waals surface area contributed by atoms with E-state index in [-0.39, 0.29) is 5.82 Å². The van der Waals surface area contributed by atoms with Crippen LogP contribution in [0.5, 0.6) is 5.75 Å². The summed E-state index contributed by atoms with van der Waals surface area (Å²) in [4.78, 5) is 0. The van der Waals surface area contributed by atoms with Crippen LogP contribution in [0.2, 0.25) is 0 Å². The van der Waals surface area contributed by atoms with E-state index in [0.717, 1.165) is 17.9 Å². The normalized spacial score (nSPS) is 15.1. The van der Waals surface area contributed by atoms with Gasteiger partial charge in [-0.2, -0.15) is 0 Å². The van der Waals surface area contributed by atoms with Gasteiger partial charge in [0.2, 0.25) is 0 Å². The molecule has 0 amide bonds. The van der Waals surface area contributed by atoms with Gasteiger partial charge in [0.1, 0.15) is 18.2 Å². The molecule has 3 heteroatoms. The lowest BCUT2D eigenvalue weighted by atomic mass is 9.95. The SMILES string of the molecule is Fc1ccc(COc2ccc3ccccc3c2CNC2CCCCC2)cc1. The van der Waals surface area contributed by atoms with Gasteiger partial charge in [0.15, 0.2) is 0 Å². The molecule has 140 valence electrons. The summed E-state index contributed by atoms with van der Waals surface area (Å²) >= 11 is 0. The summed E-state index contributed by atoms with van der Waals surface area (Å²) in [5.74, 6) is 0.683. The van der Waals surface area contributed by atoms with Gasteiger partial charge in [-0.3, -0.25) is 0 Å². The van der Waals surface area contributed by atoms with Crippen LogP contribution in [-0.4, -0.2) is 6.04 Å². The summed E-state index contributed by atoms with van der Waals surface area (Å²) in [6.07, 6.45) is 6.52. The Morgan fingerprint density at radius 3 is 2.48 bits per heavy atom. The lowest BCUT2D eigenvalue weighted by Crippen LogP contribution is -2.30. The van der Waals surface area contributed by atoms with Crippen molar-refractivity contribution in [1.29, 1.82) is 0 Å². The predicted molar refractivity (Wildman–Crippen MR) is 108 cm³/mol. The van der Waals surface area contributed by atoms with Gasteiger partial charge in [-0.05, 0) is 47.4 Å². The van der Waals surface area contributed by atoms with Crippen molar-refractivity contribution in [3.8, 4) is 5.75 Å². The minimum atomic E-state index is -0.221. The van der Waals surface area contributed by atoms with Crippen molar-refractivity contribution in [2.75, 3.05) is 0 Å². The summed E-state index contributed by atoms with van der Waals surface area (Å²) < 4.78 is 19.3.